The summed E-state index contributed by atoms with van der Waals surface area (Å²) >= 11 is 5.95. The first kappa shape index (κ1) is 14.0. The smallest absolute Gasteiger partial charge is 0.160 e. The molecule has 1 N–H and O–H groups in total. The van der Waals surface area contributed by atoms with E-state index in [4.69, 9.17) is 21.7 Å². The van der Waals surface area contributed by atoms with Crippen LogP contribution in [0.15, 0.2) is 36.5 Å². The average molecular weight is 302 g/mol. The van der Waals surface area contributed by atoms with Crippen LogP contribution in [0.25, 0.3) is 22.6 Å². The standard InChI is InChI=1S/C16H16ClN3O/c1-11-9-14-16(18-10-11)20(7-2-8-21)15(19-14)12-3-5-13(17)6-4-12/h3-6,9-10,21H,2,7-8H2,1H3. The molecule has 108 valence electrons. The Labute approximate surface area is 128 Å². The van der Waals surface area contributed by atoms with Gasteiger partial charge in [0.1, 0.15) is 11.3 Å². The number of imidazole rings is 1. The number of halogens is 1. The number of aliphatic hydroxyl groups excluding tert-OH is 1. The number of fused-ring (bicyclic) bond motifs is 1. The van der Waals surface area contributed by atoms with Gasteiger partial charge in [-0.15, -0.1) is 0 Å². The van der Waals surface area contributed by atoms with Gasteiger partial charge in [0, 0.05) is 29.9 Å². The molecule has 0 radical (unpaired) electrons. The molecule has 1 aromatic carbocycles. The van der Waals surface area contributed by atoms with Crippen molar-refractivity contribution in [3.05, 3.63) is 47.1 Å². The molecule has 0 saturated carbocycles. The number of hydrogen-bond donors (Lipinski definition) is 1. The van der Waals surface area contributed by atoms with Gasteiger partial charge in [0.25, 0.3) is 0 Å². The number of aryl methyl sites for hydroxylation is 2. The second-order valence-electron chi connectivity index (χ2n) is 5.03. The second-order valence-corrected chi connectivity index (χ2v) is 5.46. The number of nitrogens with zero attached hydrogens (tertiary/aromatic N) is 3. The van der Waals surface area contributed by atoms with Crippen molar-refractivity contribution in [1.29, 1.82) is 0 Å². The number of aromatic nitrogens is 3. The Bertz CT molecular complexity index is 765. The third-order valence-corrected chi connectivity index (χ3v) is 3.62. The molecule has 0 amide bonds. The SMILES string of the molecule is Cc1cnc2c(c1)nc(-c1ccc(Cl)cc1)n2CCCO. The van der Waals surface area contributed by atoms with E-state index in [0.29, 0.717) is 18.0 Å². The minimum absolute atomic E-state index is 0.144. The Hall–Kier alpha value is -1.91. The van der Waals surface area contributed by atoms with Gasteiger partial charge in [-0.25, -0.2) is 9.97 Å². The van der Waals surface area contributed by atoms with Gasteiger partial charge in [0.2, 0.25) is 0 Å². The molecule has 0 aliphatic carbocycles. The molecule has 2 aromatic heterocycles. The largest absolute Gasteiger partial charge is 0.396 e. The lowest BCUT2D eigenvalue weighted by atomic mass is 10.2. The maximum Gasteiger partial charge on any atom is 0.160 e. The summed E-state index contributed by atoms with van der Waals surface area (Å²) in [6.45, 7) is 2.83. The van der Waals surface area contributed by atoms with Crippen LogP contribution in [-0.4, -0.2) is 26.2 Å². The number of pyridine rings is 1. The van der Waals surface area contributed by atoms with Gasteiger partial charge in [-0.1, -0.05) is 11.6 Å². The molecule has 0 aliphatic rings. The topological polar surface area (TPSA) is 50.9 Å². The molecule has 0 atom stereocenters. The molecule has 5 heteroatoms. The van der Waals surface area contributed by atoms with Crippen molar-refractivity contribution in [1.82, 2.24) is 14.5 Å². The van der Waals surface area contributed by atoms with Crippen molar-refractivity contribution in [2.45, 2.75) is 19.9 Å². The number of benzene rings is 1. The van der Waals surface area contributed by atoms with Gasteiger partial charge in [0.15, 0.2) is 5.65 Å². The minimum Gasteiger partial charge on any atom is -0.396 e. The summed E-state index contributed by atoms with van der Waals surface area (Å²) in [7, 11) is 0. The molecule has 0 aliphatic heterocycles. The Morgan fingerprint density at radius 3 is 2.71 bits per heavy atom. The lowest BCUT2D eigenvalue weighted by Gasteiger charge is -2.07. The zero-order chi connectivity index (χ0) is 14.8. The first-order valence-corrected chi connectivity index (χ1v) is 7.26. The molecule has 0 spiro atoms. The van der Waals surface area contributed by atoms with E-state index < -0.39 is 0 Å². The fraction of sp³-hybridized carbons (Fsp3) is 0.250. The highest BCUT2D eigenvalue weighted by molar-refractivity contribution is 6.30. The summed E-state index contributed by atoms with van der Waals surface area (Å²) in [6, 6.07) is 9.63. The van der Waals surface area contributed by atoms with E-state index in [1.54, 1.807) is 0 Å². The first-order chi connectivity index (χ1) is 10.2. The molecule has 0 bridgehead atoms. The summed E-state index contributed by atoms with van der Waals surface area (Å²) in [4.78, 5) is 9.19. The molecular weight excluding hydrogens is 286 g/mol. The highest BCUT2D eigenvalue weighted by atomic mass is 35.5. The first-order valence-electron chi connectivity index (χ1n) is 6.89. The second kappa shape index (κ2) is 5.84. The molecule has 3 aromatic rings. The van der Waals surface area contributed by atoms with Gasteiger partial charge >= 0.3 is 0 Å². The van der Waals surface area contributed by atoms with E-state index in [9.17, 15) is 0 Å². The van der Waals surface area contributed by atoms with Crippen LogP contribution in [0.4, 0.5) is 0 Å². The van der Waals surface area contributed by atoms with Crippen LogP contribution < -0.4 is 0 Å². The van der Waals surface area contributed by atoms with Crippen molar-refractivity contribution >= 4 is 22.8 Å². The van der Waals surface area contributed by atoms with Crippen molar-refractivity contribution in [3.8, 4) is 11.4 Å². The van der Waals surface area contributed by atoms with Crippen molar-refractivity contribution in [3.63, 3.8) is 0 Å². The molecule has 2 heterocycles. The highest BCUT2D eigenvalue weighted by Gasteiger charge is 2.13. The van der Waals surface area contributed by atoms with Gasteiger partial charge in [-0.2, -0.15) is 0 Å². The highest BCUT2D eigenvalue weighted by Crippen LogP contribution is 2.25. The van der Waals surface area contributed by atoms with Crippen LogP contribution in [0.2, 0.25) is 5.02 Å². The Balaban J connectivity index is 2.17. The number of aliphatic hydroxyl groups is 1. The van der Waals surface area contributed by atoms with Gasteiger partial charge in [-0.05, 0) is 49.2 Å². The Morgan fingerprint density at radius 1 is 1.24 bits per heavy atom. The zero-order valence-corrected chi connectivity index (χ0v) is 12.5. The lowest BCUT2D eigenvalue weighted by Crippen LogP contribution is -2.03. The zero-order valence-electron chi connectivity index (χ0n) is 11.8. The Kier molecular flexibility index (Phi) is 3.90. The number of hydrogen-bond acceptors (Lipinski definition) is 3. The van der Waals surface area contributed by atoms with Crippen LogP contribution in [0.5, 0.6) is 0 Å². The van der Waals surface area contributed by atoms with E-state index >= 15 is 0 Å². The van der Waals surface area contributed by atoms with Crippen LogP contribution in [0.1, 0.15) is 12.0 Å². The summed E-state index contributed by atoms with van der Waals surface area (Å²) in [5, 5.41) is 9.81. The van der Waals surface area contributed by atoms with Gasteiger partial charge in [0.05, 0.1) is 0 Å². The molecular formula is C16H16ClN3O. The predicted molar refractivity (Wildman–Crippen MR) is 84.4 cm³/mol. The van der Waals surface area contributed by atoms with Crippen LogP contribution in [-0.2, 0) is 6.54 Å². The quantitative estimate of drug-likeness (QED) is 0.803. The maximum absolute atomic E-state index is 9.11. The fourth-order valence-corrected chi connectivity index (χ4v) is 2.50. The molecule has 0 fully saturated rings. The predicted octanol–water partition coefficient (Wildman–Crippen LogP) is 3.44. The Morgan fingerprint density at radius 2 is 2.00 bits per heavy atom. The van der Waals surface area contributed by atoms with E-state index in [2.05, 4.69) is 4.98 Å². The van der Waals surface area contributed by atoms with Crippen molar-refractivity contribution in [2.75, 3.05) is 6.61 Å². The molecule has 0 unspecified atom stereocenters. The molecule has 21 heavy (non-hydrogen) atoms. The molecule has 3 rings (SSSR count). The average Bonchev–Trinajstić information content (AvgIpc) is 2.83. The molecule has 4 nitrogen and oxygen atoms in total. The monoisotopic (exact) mass is 301 g/mol. The number of rotatable bonds is 4. The van der Waals surface area contributed by atoms with Crippen LogP contribution in [0.3, 0.4) is 0 Å². The van der Waals surface area contributed by atoms with Crippen molar-refractivity contribution in [2.24, 2.45) is 0 Å². The van der Waals surface area contributed by atoms with Gasteiger partial charge in [-0.3, -0.25) is 0 Å². The molecule has 0 saturated heterocycles. The normalized spacial score (nSPS) is 11.2. The summed E-state index contributed by atoms with van der Waals surface area (Å²) in [6.07, 6.45) is 2.51. The van der Waals surface area contributed by atoms with E-state index in [0.717, 1.165) is 28.1 Å². The van der Waals surface area contributed by atoms with Crippen LogP contribution in [0, 0.1) is 6.92 Å². The third-order valence-electron chi connectivity index (χ3n) is 3.36. The third kappa shape index (κ3) is 2.77. The summed E-state index contributed by atoms with van der Waals surface area (Å²) < 4.78 is 2.05. The fourth-order valence-electron chi connectivity index (χ4n) is 2.37. The maximum atomic E-state index is 9.11. The van der Waals surface area contributed by atoms with E-state index in [-0.39, 0.29) is 6.61 Å². The minimum atomic E-state index is 0.144. The van der Waals surface area contributed by atoms with Crippen LogP contribution >= 0.6 is 11.6 Å². The summed E-state index contributed by atoms with van der Waals surface area (Å²) in [5.41, 5.74) is 3.79. The van der Waals surface area contributed by atoms with Gasteiger partial charge < -0.3 is 9.67 Å². The van der Waals surface area contributed by atoms with E-state index in [1.165, 1.54) is 0 Å². The van der Waals surface area contributed by atoms with E-state index in [1.807, 2.05) is 48.0 Å². The summed E-state index contributed by atoms with van der Waals surface area (Å²) in [5.74, 6) is 0.855. The lowest BCUT2D eigenvalue weighted by molar-refractivity contribution is 0.280. The van der Waals surface area contributed by atoms with Crippen molar-refractivity contribution < 1.29 is 5.11 Å².